The van der Waals surface area contributed by atoms with Gasteiger partial charge in [0.25, 0.3) is 0 Å². The third kappa shape index (κ3) is 6.63. The van der Waals surface area contributed by atoms with Gasteiger partial charge in [-0.2, -0.15) is 0 Å². The molecule has 0 aliphatic rings. The van der Waals surface area contributed by atoms with Gasteiger partial charge in [0.1, 0.15) is 0 Å². The number of carbonyl (C=O) groups is 3. The lowest BCUT2D eigenvalue weighted by Crippen LogP contribution is -2.19. The van der Waals surface area contributed by atoms with Crippen molar-refractivity contribution in [1.82, 2.24) is 0 Å². The van der Waals surface area contributed by atoms with Crippen LogP contribution < -0.4 is 0 Å². The molecular weight excluding hydrogens is 327 g/mol. The zero-order chi connectivity index (χ0) is 17.6. The van der Waals surface area contributed by atoms with E-state index in [0.29, 0.717) is 5.56 Å². The third-order valence-electron chi connectivity index (χ3n) is 3.19. The first-order chi connectivity index (χ1) is 10.6. The second-order valence-electron chi connectivity index (χ2n) is 5.16. The minimum Gasteiger partial charge on any atom is -0.481 e. The molecule has 126 valence electrons. The molecule has 0 aromatic heterocycles. The fourth-order valence-electron chi connectivity index (χ4n) is 2.04. The van der Waals surface area contributed by atoms with Crippen molar-refractivity contribution in [1.29, 1.82) is 0 Å². The molecule has 0 saturated heterocycles. The summed E-state index contributed by atoms with van der Waals surface area (Å²) in [6.07, 6.45) is -1.46. The molecule has 9 heteroatoms. The summed E-state index contributed by atoms with van der Waals surface area (Å²) in [5.74, 6) is -4.83. The topological polar surface area (TPSA) is 149 Å². The Balaban J connectivity index is 2.76. The molecule has 0 fully saturated rings. The van der Waals surface area contributed by atoms with Crippen LogP contribution in [0.3, 0.4) is 0 Å². The summed E-state index contributed by atoms with van der Waals surface area (Å²) in [5.41, 5.74) is 0.439. The maximum Gasteiger partial charge on any atom is 0.335 e. The van der Waals surface area contributed by atoms with E-state index in [2.05, 4.69) is 0 Å². The Morgan fingerprint density at radius 2 is 1.61 bits per heavy atom. The number of aliphatic carboxylic acids is 2. The highest BCUT2D eigenvalue weighted by Crippen LogP contribution is 2.46. The molecular formula is C14H17O8P. The molecule has 0 heterocycles. The van der Waals surface area contributed by atoms with Crippen LogP contribution in [0.5, 0.6) is 0 Å². The van der Waals surface area contributed by atoms with Gasteiger partial charge in [-0.25, -0.2) is 4.79 Å². The average molecular weight is 344 g/mol. The van der Waals surface area contributed by atoms with E-state index in [4.69, 9.17) is 15.3 Å². The van der Waals surface area contributed by atoms with Crippen molar-refractivity contribution in [3.63, 3.8) is 0 Å². The summed E-state index contributed by atoms with van der Waals surface area (Å²) in [6.45, 7) is 0. The van der Waals surface area contributed by atoms with E-state index in [1.165, 1.54) is 24.3 Å². The Bertz CT molecular complexity index is 637. The minimum absolute atomic E-state index is 0.0337. The second kappa shape index (κ2) is 7.89. The highest BCUT2D eigenvalue weighted by Gasteiger charge is 2.29. The minimum atomic E-state index is -3.84. The third-order valence-corrected chi connectivity index (χ3v) is 5.06. The lowest BCUT2D eigenvalue weighted by molar-refractivity contribution is -0.142. The van der Waals surface area contributed by atoms with E-state index in [0.717, 1.165) is 0 Å². The highest BCUT2D eigenvalue weighted by molar-refractivity contribution is 7.57. The first kappa shape index (κ1) is 18.9. The van der Waals surface area contributed by atoms with E-state index in [1.54, 1.807) is 0 Å². The van der Waals surface area contributed by atoms with E-state index in [9.17, 15) is 23.8 Å². The summed E-state index contributed by atoms with van der Waals surface area (Å²) in [7, 11) is -3.84. The number of hydrogen-bond acceptors (Lipinski definition) is 4. The first-order valence-corrected chi connectivity index (χ1v) is 8.71. The molecule has 0 amide bonds. The van der Waals surface area contributed by atoms with Gasteiger partial charge in [0.2, 0.25) is 7.37 Å². The molecule has 2 unspecified atom stereocenters. The zero-order valence-corrected chi connectivity index (χ0v) is 13.0. The summed E-state index contributed by atoms with van der Waals surface area (Å²) in [5, 5.41) is 26.4. The highest BCUT2D eigenvalue weighted by atomic mass is 31.2. The van der Waals surface area contributed by atoms with Crippen molar-refractivity contribution in [3.05, 3.63) is 35.4 Å². The molecule has 0 bridgehead atoms. The van der Waals surface area contributed by atoms with E-state index < -0.39 is 43.8 Å². The van der Waals surface area contributed by atoms with E-state index in [1.807, 2.05) is 0 Å². The quantitative estimate of drug-likeness (QED) is 0.495. The normalized spacial score (nSPS) is 14.7. The summed E-state index contributed by atoms with van der Waals surface area (Å²) < 4.78 is 12.2. The molecule has 1 aromatic carbocycles. The van der Waals surface area contributed by atoms with Crippen LogP contribution in [0, 0.1) is 5.92 Å². The molecule has 4 N–H and O–H groups in total. The largest absolute Gasteiger partial charge is 0.481 e. The predicted octanol–water partition coefficient (Wildman–Crippen LogP) is 1.72. The van der Waals surface area contributed by atoms with Crippen LogP contribution >= 0.6 is 7.37 Å². The van der Waals surface area contributed by atoms with Gasteiger partial charge in [0, 0.05) is 18.7 Å². The Morgan fingerprint density at radius 3 is 2.04 bits per heavy atom. The van der Waals surface area contributed by atoms with Crippen LogP contribution in [0.1, 0.15) is 28.8 Å². The van der Waals surface area contributed by atoms with Crippen molar-refractivity contribution in [2.45, 2.75) is 19.0 Å². The fraction of sp³-hybridized carbons (Fsp3) is 0.357. The molecule has 0 saturated carbocycles. The summed E-state index contributed by atoms with van der Waals surface area (Å²) in [6, 6.07) is 5.35. The molecule has 1 aromatic rings. The number of aromatic carboxylic acids is 1. The van der Waals surface area contributed by atoms with Gasteiger partial charge >= 0.3 is 17.9 Å². The zero-order valence-electron chi connectivity index (χ0n) is 12.1. The first-order valence-electron chi connectivity index (χ1n) is 6.68. The van der Waals surface area contributed by atoms with Crippen LogP contribution in [-0.4, -0.2) is 44.3 Å². The van der Waals surface area contributed by atoms with Gasteiger partial charge < -0.3 is 20.2 Å². The average Bonchev–Trinajstić information content (AvgIpc) is 2.43. The van der Waals surface area contributed by atoms with Crippen LogP contribution in [0.4, 0.5) is 0 Å². The van der Waals surface area contributed by atoms with Gasteiger partial charge in [-0.05, 0) is 24.1 Å². The van der Waals surface area contributed by atoms with Crippen LogP contribution in [0.25, 0.3) is 0 Å². The lowest BCUT2D eigenvalue weighted by Gasteiger charge is -2.17. The molecule has 8 nitrogen and oxygen atoms in total. The van der Waals surface area contributed by atoms with Gasteiger partial charge in [0.15, 0.2) is 0 Å². The molecule has 0 spiro atoms. The molecule has 0 aliphatic carbocycles. The van der Waals surface area contributed by atoms with E-state index in [-0.39, 0.29) is 18.1 Å². The Labute approximate surface area is 131 Å². The van der Waals surface area contributed by atoms with Crippen LogP contribution in [-0.2, 0) is 20.3 Å². The van der Waals surface area contributed by atoms with E-state index >= 15 is 0 Å². The van der Waals surface area contributed by atoms with Crippen molar-refractivity contribution >= 4 is 25.3 Å². The Morgan fingerprint density at radius 1 is 1.04 bits per heavy atom. The summed E-state index contributed by atoms with van der Waals surface area (Å²) in [4.78, 5) is 42.3. The second-order valence-corrected chi connectivity index (χ2v) is 7.53. The molecule has 2 atom stereocenters. The summed E-state index contributed by atoms with van der Waals surface area (Å²) >= 11 is 0. The molecule has 23 heavy (non-hydrogen) atoms. The SMILES string of the molecule is O=C(O)CCC(CP(=O)(O)Cc1ccc(C(=O)O)cc1)C(=O)O. The maximum atomic E-state index is 12.2. The van der Waals surface area contributed by atoms with Gasteiger partial charge in [-0.1, -0.05) is 12.1 Å². The van der Waals surface area contributed by atoms with Gasteiger partial charge in [-0.15, -0.1) is 0 Å². The van der Waals surface area contributed by atoms with Crippen molar-refractivity contribution in [3.8, 4) is 0 Å². The number of benzene rings is 1. The lowest BCUT2D eigenvalue weighted by atomic mass is 10.1. The Kier molecular flexibility index (Phi) is 6.48. The monoisotopic (exact) mass is 344 g/mol. The molecule has 0 radical (unpaired) electrons. The smallest absolute Gasteiger partial charge is 0.335 e. The Hall–Kier alpha value is -2.18. The number of carboxylic acid groups (broad SMARTS) is 3. The van der Waals surface area contributed by atoms with Gasteiger partial charge in [-0.3, -0.25) is 14.2 Å². The van der Waals surface area contributed by atoms with Crippen LogP contribution in [0.15, 0.2) is 24.3 Å². The molecule has 1 rings (SSSR count). The number of rotatable bonds is 9. The predicted molar refractivity (Wildman–Crippen MR) is 79.8 cm³/mol. The van der Waals surface area contributed by atoms with Crippen LogP contribution in [0.2, 0.25) is 0 Å². The number of carboxylic acids is 3. The van der Waals surface area contributed by atoms with Gasteiger partial charge in [0.05, 0.1) is 11.5 Å². The standard InChI is InChI=1S/C14H17O8P/c15-12(16)6-5-11(14(19)20)8-23(21,22)7-9-1-3-10(4-2-9)13(17)18/h1-4,11H,5-8H2,(H,15,16)(H,17,18)(H,19,20)(H,21,22). The van der Waals surface area contributed by atoms with Crippen molar-refractivity contribution in [2.75, 3.05) is 6.16 Å². The number of hydrogen-bond donors (Lipinski definition) is 4. The maximum absolute atomic E-state index is 12.2. The molecule has 0 aliphatic heterocycles. The fourth-order valence-corrected chi connectivity index (χ4v) is 3.98. The van der Waals surface area contributed by atoms with Crippen molar-refractivity contribution < 1.29 is 39.2 Å². The van der Waals surface area contributed by atoms with Crippen molar-refractivity contribution in [2.24, 2.45) is 5.92 Å².